The van der Waals surface area contributed by atoms with Crippen LogP contribution < -0.4 is 0 Å². The van der Waals surface area contributed by atoms with Gasteiger partial charge in [-0.25, -0.2) is 0 Å². The summed E-state index contributed by atoms with van der Waals surface area (Å²) in [5.41, 5.74) is 0.569. The summed E-state index contributed by atoms with van der Waals surface area (Å²) in [6.07, 6.45) is 4.25. The molecule has 1 aliphatic heterocycles. The Bertz CT molecular complexity index is 120. The lowest BCUT2D eigenvalue weighted by atomic mass is 9.88. The van der Waals surface area contributed by atoms with Crippen LogP contribution in [0.1, 0.15) is 33.1 Å². The first kappa shape index (κ1) is 9.05. The van der Waals surface area contributed by atoms with Gasteiger partial charge in [-0.15, -0.1) is 0 Å². The highest BCUT2D eigenvalue weighted by Gasteiger charge is 2.30. The van der Waals surface area contributed by atoms with Crippen LogP contribution in [0.3, 0.4) is 0 Å². The molecule has 1 nitrogen and oxygen atoms in total. The lowest BCUT2D eigenvalue weighted by Crippen LogP contribution is -2.45. The Balaban J connectivity index is 2.62. The minimum absolute atomic E-state index is 0.569. The van der Waals surface area contributed by atoms with Gasteiger partial charge in [0.1, 0.15) is 0 Å². The van der Waals surface area contributed by atoms with E-state index in [1.54, 1.807) is 0 Å². The second-order valence-electron chi connectivity index (χ2n) is 5.44. The molecule has 0 saturated carbocycles. The van der Waals surface area contributed by atoms with Crippen molar-refractivity contribution in [2.45, 2.75) is 33.1 Å². The molecule has 66 valence electrons. The zero-order chi connectivity index (χ0) is 8.54. The van der Waals surface area contributed by atoms with Crippen molar-refractivity contribution in [1.82, 2.24) is 0 Å². The van der Waals surface area contributed by atoms with Crippen molar-refractivity contribution in [3.63, 3.8) is 0 Å². The first-order valence-electron chi connectivity index (χ1n) is 4.73. The van der Waals surface area contributed by atoms with E-state index < -0.39 is 0 Å². The lowest BCUT2D eigenvalue weighted by molar-refractivity contribution is -0.895. The van der Waals surface area contributed by atoms with E-state index in [4.69, 9.17) is 0 Å². The van der Waals surface area contributed by atoms with Crippen molar-refractivity contribution in [3.05, 3.63) is 0 Å². The van der Waals surface area contributed by atoms with E-state index in [0.717, 1.165) is 0 Å². The minimum Gasteiger partial charge on any atom is -0.328 e. The van der Waals surface area contributed by atoms with Crippen LogP contribution in [0, 0.1) is 5.41 Å². The average molecular weight is 156 g/mol. The van der Waals surface area contributed by atoms with Crippen molar-refractivity contribution in [1.29, 1.82) is 0 Å². The quantitative estimate of drug-likeness (QED) is 0.472. The molecule has 1 fully saturated rings. The smallest absolute Gasteiger partial charge is 0.0834 e. The highest BCUT2D eigenvalue weighted by molar-refractivity contribution is 4.70. The second kappa shape index (κ2) is 2.78. The molecule has 0 unspecified atom stereocenters. The Labute approximate surface area is 71.0 Å². The fourth-order valence-electron chi connectivity index (χ4n) is 2.46. The normalized spacial score (nSPS) is 29.5. The van der Waals surface area contributed by atoms with E-state index in [1.165, 1.54) is 36.8 Å². The van der Waals surface area contributed by atoms with Crippen molar-refractivity contribution >= 4 is 0 Å². The molecule has 0 spiro atoms. The Morgan fingerprint density at radius 1 is 1.09 bits per heavy atom. The van der Waals surface area contributed by atoms with Gasteiger partial charge in [0.15, 0.2) is 0 Å². The molecule has 0 amide bonds. The molecule has 0 aromatic rings. The summed E-state index contributed by atoms with van der Waals surface area (Å²) < 4.78 is 1.22. The minimum atomic E-state index is 0.569. The number of hydrogen-bond acceptors (Lipinski definition) is 0. The van der Waals surface area contributed by atoms with Gasteiger partial charge in [-0.3, -0.25) is 0 Å². The molecule has 0 radical (unpaired) electrons. The fourth-order valence-corrected chi connectivity index (χ4v) is 2.46. The molecule has 0 atom stereocenters. The summed E-state index contributed by atoms with van der Waals surface area (Å²) in [7, 11) is 4.71. The average Bonchev–Trinajstić information content (AvgIpc) is 1.86. The van der Waals surface area contributed by atoms with Crippen LogP contribution in [0.25, 0.3) is 0 Å². The maximum atomic E-state index is 2.40. The molecule has 0 aliphatic carbocycles. The first-order chi connectivity index (χ1) is 4.91. The summed E-state index contributed by atoms with van der Waals surface area (Å²) in [6, 6.07) is 0. The Kier molecular flexibility index (Phi) is 2.29. The molecule has 11 heavy (non-hydrogen) atoms. The lowest BCUT2D eigenvalue weighted by Gasteiger charge is -2.34. The molecular formula is C10H22N+. The Hall–Kier alpha value is -0.0400. The van der Waals surface area contributed by atoms with Crippen molar-refractivity contribution < 1.29 is 4.48 Å². The van der Waals surface area contributed by atoms with Gasteiger partial charge >= 0.3 is 0 Å². The summed E-state index contributed by atoms with van der Waals surface area (Å²) in [4.78, 5) is 0. The van der Waals surface area contributed by atoms with Gasteiger partial charge in [-0.1, -0.05) is 13.8 Å². The van der Waals surface area contributed by atoms with E-state index in [2.05, 4.69) is 27.9 Å². The van der Waals surface area contributed by atoms with Crippen molar-refractivity contribution in [2.75, 3.05) is 27.2 Å². The molecular weight excluding hydrogens is 134 g/mol. The van der Waals surface area contributed by atoms with Crippen LogP contribution in [0.2, 0.25) is 0 Å². The van der Waals surface area contributed by atoms with E-state index in [-0.39, 0.29) is 0 Å². The van der Waals surface area contributed by atoms with E-state index in [9.17, 15) is 0 Å². The summed E-state index contributed by atoms with van der Waals surface area (Å²) in [6.45, 7) is 7.51. The van der Waals surface area contributed by atoms with Gasteiger partial charge in [0.05, 0.1) is 27.2 Å². The monoisotopic (exact) mass is 156 g/mol. The molecule has 0 bridgehead atoms. The van der Waals surface area contributed by atoms with E-state index >= 15 is 0 Å². The zero-order valence-corrected chi connectivity index (χ0v) is 8.48. The third-order valence-corrected chi connectivity index (χ3v) is 2.72. The number of likely N-dealkylation sites (tertiary alicyclic amines) is 1. The van der Waals surface area contributed by atoms with E-state index in [1.807, 2.05) is 0 Å². The molecule has 0 aromatic carbocycles. The molecule has 1 heterocycles. The predicted molar refractivity (Wildman–Crippen MR) is 49.5 cm³/mol. The molecule has 1 aliphatic rings. The molecule has 0 aromatic heterocycles. The Morgan fingerprint density at radius 2 is 1.73 bits per heavy atom. The largest absolute Gasteiger partial charge is 0.328 e. The van der Waals surface area contributed by atoms with Crippen LogP contribution in [0.15, 0.2) is 0 Å². The van der Waals surface area contributed by atoms with Gasteiger partial charge in [-0.2, -0.15) is 0 Å². The van der Waals surface area contributed by atoms with Crippen molar-refractivity contribution in [2.24, 2.45) is 5.41 Å². The van der Waals surface area contributed by atoms with Crippen LogP contribution in [-0.4, -0.2) is 31.7 Å². The topological polar surface area (TPSA) is 0 Å². The molecule has 0 N–H and O–H groups in total. The van der Waals surface area contributed by atoms with E-state index in [0.29, 0.717) is 5.41 Å². The predicted octanol–water partition coefficient (Wildman–Crippen LogP) is 2.27. The summed E-state index contributed by atoms with van der Waals surface area (Å²) >= 11 is 0. The van der Waals surface area contributed by atoms with Crippen LogP contribution >= 0.6 is 0 Å². The van der Waals surface area contributed by atoms with Crippen LogP contribution in [-0.2, 0) is 0 Å². The van der Waals surface area contributed by atoms with Crippen molar-refractivity contribution in [3.8, 4) is 0 Å². The van der Waals surface area contributed by atoms with Crippen LogP contribution in [0.5, 0.6) is 0 Å². The third-order valence-electron chi connectivity index (χ3n) is 2.72. The van der Waals surface area contributed by atoms with Gasteiger partial charge in [0.25, 0.3) is 0 Å². The van der Waals surface area contributed by atoms with Gasteiger partial charge in [-0.05, 0) is 19.3 Å². The summed E-state index contributed by atoms with van der Waals surface area (Å²) in [5.74, 6) is 0. The number of nitrogens with zero attached hydrogens (tertiary/aromatic N) is 1. The maximum absolute atomic E-state index is 2.40. The standard InChI is InChI=1S/C10H22N/c1-10(2)7-5-6-8-11(3,4)9-10/h5-9H2,1-4H3/q+1. The molecule has 1 heteroatoms. The molecule has 1 saturated heterocycles. The third kappa shape index (κ3) is 2.82. The summed E-state index contributed by atoms with van der Waals surface area (Å²) in [5, 5.41) is 0. The fraction of sp³-hybridized carbons (Fsp3) is 1.00. The van der Waals surface area contributed by atoms with Crippen LogP contribution in [0.4, 0.5) is 0 Å². The Morgan fingerprint density at radius 3 is 2.36 bits per heavy atom. The SMILES string of the molecule is CC1(C)CCCC[N+](C)(C)C1. The van der Waals surface area contributed by atoms with Gasteiger partial charge < -0.3 is 4.48 Å². The highest BCUT2D eigenvalue weighted by Crippen LogP contribution is 2.29. The second-order valence-corrected chi connectivity index (χ2v) is 5.44. The van der Waals surface area contributed by atoms with Gasteiger partial charge in [0, 0.05) is 5.41 Å². The zero-order valence-electron chi connectivity index (χ0n) is 8.48. The highest BCUT2D eigenvalue weighted by atomic mass is 15.3. The number of rotatable bonds is 0. The number of hydrogen-bond donors (Lipinski definition) is 0. The van der Waals surface area contributed by atoms with Gasteiger partial charge in [0.2, 0.25) is 0 Å². The number of quaternary nitrogens is 1. The molecule has 1 rings (SSSR count). The first-order valence-corrected chi connectivity index (χ1v) is 4.73. The maximum Gasteiger partial charge on any atom is 0.0834 e.